The number of carbonyl (C=O) groups excluding carboxylic acids is 1. The third-order valence-corrected chi connectivity index (χ3v) is 8.24. The fourth-order valence-electron chi connectivity index (χ4n) is 4.83. The standard InChI is InChI=1S/C30H33N3O2S2/c1-21(2)17-18-35-26-15-13-22(14-16-26)28-23(20-32(31-28)24-9-5-3-6-10-24)19-27-29(34)33(30(36)37-27)25-11-7-4-8-12-25/h3,5-6,9-10,13-16,19-21,25H,4,7-8,11-12,17-18H2,1-2H3/b27-19-. The Bertz CT molecular complexity index is 1280. The van der Waals surface area contributed by atoms with Crippen molar-refractivity contribution in [3.05, 3.63) is 71.3 Å². The number of hydrogen-bond acceptors (Lipinski definition) is 5. The molecule has 2 aromatic carbocycles. The van der Waals surface area contributed by atoms with Crippen LogP contribution in [0.1, 0.15) is 57.9 Å². The van der Waals surface area contributed by atoms with Gasteiger partial charge in [-0.1, -0.05) is 75.3 Å². The molecular formula is C30H33N3O2S2. The number of hydrogen-bond donors (Lipinski definition) is 0. The maximum atomic E-state index is 13.4. The molecule has 7 heteroatoms. The summed E-state index contributed by atoms with van der Waals surface area (Å²) in [5.41, 5.74) is 3.65. The first-order valence-corrected chi connectivity index (χ1v) is 14.4. The number of nitrogens with zero attached hydrogens (tertiary/aromatic N) is 3. The van der Waals surface area contributed by atoms with Crippen molar-refractivity contribution in [2.45, 2.75) is 58.4 Å². The lowest BCUT2D eigenvalue weighted by atomic mass is 9.94. The molecule has 0 radical (unpaired) electrons. The number of carbonyl (C=O) groups is 1. The normalized spacial score (nSPS) is 17.8. The van der Waals surface area contributed by atoms with Crippen LogP contribution in [0, 0.1) is 5.92 Å². The van der Waals surface area contributed by atoms with E-state index >= 15 is 0 Å². The number of thiocarbonyl (C=S) groups is 1. The molecule has 0 atom stereocenters. The lowest BCUT2D eigenvalue weighted by Crippen LogP contribution is -2.39. The molecule has 3 aromatic rings. The van der Waals surface area contributed by atoms with Crippen LogP contribution in [0.15, 0.2) is 65.7 Å². The second kappa shape index (κ2) is 11.7. The molecule has 2 heterocycles. The van der Waals surface area contributed by atoms with Crippen LogP contribution >= 0.6 is 24.0 Å². The summed E-state index contributed by atoms with van der Waals surface area (Å²) in [6, 6.07) is 18.3. The van der Waals surface area contributed by atoms with Gasteiger partial charge in [-0.05, 0) is 67.7 Å². The second-order valence-corrected chi connectivity index (χ2v) is 11.8. The summed E-state index contributed by atoms with van der Waals surface area (Å²) >= 11 is 7.06. The summed E-state index contributed by atoms with van der Waals surface area (Å²) < 4.78 is 8.45. The van der Waals surface area contributed by atoms with Crippen molar-refractivity contribution in [1.82, 2.24) is 14.7 Å². The highest BCUT2D eigenvalue weighted by molar-refractivity contribution is 8.26. The Morgan fingerprint density at radius 3 is 2.51 bits per heavy atom. The number of ether oxygens (including phenoxy) is 1. The zero-order valence-corrected chi connectivity index (χ0v) is 23.1. The fourth-order valence-corrected chi connectivity index (χ4v) is 6.22. The molecule has 1 amide bonds. The van der Waals surface area contributed by atoms with Crippen molar-refractivity contribution in [3.63, 3.8) is 0 Å². The summed E-state index contributed by atoms with van der Waals surface area (Å²) in [7, 11) is 0. The highest BCUT2D eigenvalue weighted by atomic mass is 32.2. The number of para-hydroxylation sites is 1. The molecule has 0 N–H and O–H groups in total. The summed E-state index contributed by atoms with van der Waals surface area (Å²) in [6.45, 7) is 5.09. The van der Waals surface area contributed by atoms with E-state index in [9.17, 15) is 4.79 Å². The molecule has 0 unspecified atom stereocenters. The molecule has 5 nitrogen and oxygen atoms in total. The second-order valence-electron chi connectivity index (χ2n) is 10.1. The van der Waals surface area contributed by atoms with Crippen LogP contribution < -0.4 is 4.74 Å². The Labute approximate surface area is 228 Å². The van der Waals surface area contributed by atoms with Crippen molar-refractivity contribution in [2.24, 2.45) is 5.92 Å². The van der Waals surface area contributed by atoms with Gasteiger partial charge in [-0.2, -0.15) is 5.10 Å². The van der Waals surface area contributed by atoms with Crippen LogP contribution in [-0.2, 0) is 4.79 Å². The first kappa shape index (κ1) is 25.7. The summed E-state index contributed by atoms with van der Waals surface area (Å²) in [6.07, 6.45) is 10.6. The Morgan fingerprint density at radius 1 is 1.08 bits per heavy atom. The van der Waals surface area contributed by atoms with E-state index in [0.29, 0.717) is 21.8 Å². The van der Waals surface area contributed by atoms with Crippen molar-refractivity contribution < 1.29 is 9.53 Å². The lowest BCUT2D eigenvalue weighted by molar-refractivity contribution is -0.124. The third-order valence-electron chi connectivity index (χ3n) is 6.90. The van der Waals surface area contributed by atoms with Gasteiger partial charge in [0.2, 0.25) is 0 Å². The van der Waals surface area contributed by atoms with Gasteiger partial charge >= 0.3 is 0 Å². The molecule has 0 bridgehead atoms. The Kier molecular flexibility index (Phi) is 8.11. The molecule has 1 saturated carbocycles. The van der Waals surface area contributed by atoms with E-state index in [1.807, 2.05) is 76.5 Å². The Balaban J connectivity index is 1.45. The lowest BCUT2D eigenvalue weighted by Gasteiger charge is -2.29. The van der Waals surface area contributed by atoms with Crippen LogP contribution in [0.2, 0.25) is 0 Å². The third kappa shape index (κ3) is 5.99. The molecule has 5 rings (SSSR count). The number of thioether (sulfide) groups is 1. The first-order chi connectivity index (χ1) is 18.0. The van der Waals surface area contributed by atoms with Crippen LogP contribution in [0.5, 0.6) is 5.75 Å². The van der Waals surface area contributed by atoms with Crippen LogP contribution in [0.4, 0.5) is 0 Å². The zero-order chi connectivity index (χ0) is 25.8. The molecular weight excluding hydrogens is 498 g/mol. The quantitative estimate of drug-likeness (QED) is 0.222. The minimum atomic E-state index is 0.0224. The van der Waals surface area contributed by atoms with Gasteiger partial charge < -0.3 is 4.74 Å². The van der Waals surface area contributed by atoms with Crippen molar-refractivity contribution in [1.29, 1.82) is 0 Å². The van der Waals surface area contributed by atoms with Gasteiger partial charge in [0.25, 0.3) is 5.91 Å². The van der Waals surface area contributed by atoms with Crippen molar-refractivity contribution in [3.8, 4) is 22.7 Å². The van der Waals surface area contributed by atoms with E-state index in [2.05, 4.69) is 13.8 Å². The number of benzene rings is 2. The van der Waals surface area contributed by atoms with Gasteiger partial charge in [-0.3, -0.25) is 9.69 Å². The van der Waals surface area contributed by atoms with E-state index in [0.717, 1.165) is 60.4 Å². The highest BCUT2D eigenvalue weighted by Gasteiger charge is 2.37. The fraction of sp³-hybridized carbons (Fsp3) is 0.367. The van der Waals surface area contributed by atoms with Gasteiger partial charge in [0.05, 0.1) is 22.9 Å². The van der Waals surface area contributed by atoms with E-state index in [1.165, 1.54) is 18.2 Å². The maximum Gasteiger partial charge on any atom is 0.266 e. The SMILES string of the molecule is CC(C)CCOc1ccc(-c2nn(-c3ccccc3)cc2/C=C2\SC(=S)N(C3CCCCC3)C2=O)cc1. The van der Waals surface area contributed by atoms with Gasteiger partial charge in [0.15, 0.2) is 0 Å². The molecule has 1 aliphatic carbocycles. The largest absolute Gasteiger partial charge is 0.494 e. The van der Waals surface area contributed by atoms with E-state index in [4.69, 9.17) is 22.1 Å². The summed E-state index contributed by atoms with van der Waals surface area (Å²) in [5.74, 6) is 1.48. The average Bonchev–Trinajstić information content (AvgIpc) is 3.45. The van der Waals surface area contributed by atoms with Gasteiger partial charge in [0.1, 0.15) is 10.1 Å². The van der Waals surface area contributed by atoms with Crippen molar-refractivity contribution in [2.75, 3.05) is 6.61 Å². The van der Waals surface area contributed by atoms with Gasteiger partial charge in [-0.15, -0.1) is 0 Å². The Morgan fingerprint density at radius 2 is 1.81 bits per heavy atom. The van der Waals surface area contributed by atoms with Crippen LogP contribution in [-0.4, -0.2) is 37.6 Å². The average molecular weight is 532 g/mol. The van der Waals surface area contributed by atoms with E-state index in [-0.39, 0.29) is 11.9 Å². The first-order valence-electron chi connectivity index (χ1n) is 13.1. The number of rotatable bonds is 8. The molecule has 1 saturated heterocycles. The predicted molar refractivity (Wildman–Crippen MR) is 156 cm³/mol. The summed E-state index contributed by atoms with van der Waals surface area (Å²) in [5, 5.41) is 4.92. The molecule has 192 valence electrons. The van der Waals surface area contributed by atoms with Gasteiger partial charge in [0, 0.05) is 23.4 Å². The van der Waals surface area contributed by atoms with Crippen LogP contribution in [0.25, 0.3) is 23.0 Å². The predicted octanol–water partition coefficient (Wildman–Crippen LogP) is 7.50. The zero-order valence-electron chi connectivity index (χ0n) is 21.4. The smallest absolute Gasteiger partial charge is 0.266 e. The molecule has 1 aromatic heterocycles. The molecule has 0 spiro atoms. The monoisotopic (exact) mass is 531 g/mol. The topological polar surface area (TPSA) is 47.4 Å². The molecule has 2 aliphatic rings. The van der Waals surface area contributed by atoms with Gasteiger partial charge in [-0.25, -0.2) is 4.68 Å². The van der Waals surface area contributed by atoms with E-state index < -0.39 is 0 Å². The van der Waals surface area contributed by atoms with Crippen LogP contribution in [0.3, 0.4) is 0 Å². The Hall–Kier alpha value is -2.90. The van der Waals surface area contributed by atoms with Crippen molar-refractivity contribution >= 4 is 40.3 Å². The number of amides is 1. The highest BCUT2D eigenvalue weighted by Crippen LogP contribution is 2.38. The van der Waals surface area contributed by atoms with E-state index in [1.54, 1.807) is 0 Å². The number of aromatic nitrogens is 2. The molecule has 1 aliphatic heterocycles. The minimum Gasteiger partial charge on any atom is -0.494 e. The molecule has 37 heavy (non-hydrogen) atoms. The molecule has 2 fully saturated rings. The minimum absolute atomic E-state index is 0.0224. The maximum absolute atomic E-state index is 13.4. The summed E-state index contributed by atoms with van der Waals surface area (Å²) in [4.78, 5) is 16.0.